The molecule has 0 amide bonds. The molecule has 0 fully saturated rings. The molecule has 5 heteroatoms. The zero-order valence-corrected chi connectivity index (χ0v) is 4.85. The molecule has 0 aliphatic rings. The highest BCUT2D eigenvalue weighted by molar-refractivity contribution is 5.46. The largest absolute Gasteiger partial charge is 0.493 e. The van der Waals surface area contributed by atoms with Crippen molar-refractivity contribution in [1.29, 1.82) is 0 Å². The third-order valence-electron chi connectivity index (χ3n) is 0.938. The van der Waals surface area contributed by atoms with Crippen molar-refractivity contribution in [3.63, 3.8) is 0 Å². The van der Waals surface area contributed by atoms with E-state index < -0.39 is 5.88 Å². The van der Waals surface area contributed by atoms with E-state index in [0.29, 0.717) is 0 Å². The van der Waals surface area contributed by atoms with Gasteiger partial charge in [0.25, 0.3) is 0 Å². The van der Waals surface area contributed by atoms with Gasteiger partial charge in [-0.1, -0.05) is 0 Å². The molecule has 1 heterocycles. The number of nitroso groups, excluding NO2 is 1. The van der Waals surface area contributed by atoms with Crippen LogP contribution in [-0.2, 0) is 0 Å². The Labute approximate surface area is 55.9 Å². The standard InChI is InChI=1S/C5H4N2O3/c8-4-2-1-3(7-10)5(9)6-4/h1-2H,(H2,6,8,9). The zero-order chi connectivity index (χ0) is 7.56. The minimum Gasteiger partial charge on any atom is -0.493 e. The van der Waals surface area contributed by atoms with Crippen LogP contribution in [0.1, 0.15) is 0 Å². The molecule has 0 unspecified atom stereocenters. The van der Waals surface area contributed by atoms with Gasteiger partial charge in [-0.3, -0.25) is 0 Å². The molecule has 0 atom stereocenters. The fourth-order valence-corrected chi connectivity index (χ4v) is 0.502. The van der Waals surface area contributed by atoms with Crippen molar-refractivity contribution in [3.05, 3.63) is 17.0 Å². The fraction of sp³-hybridized carbons (Fsp3) is 0. The number of hydrogen-bond donors (Lipinski definition) is 2. The normalized spacial score (nSPS) is 9.20. The molecule has 0 saturated heterocycles. The Hall–Kier alpha value is -1.65. The first-order valence-electron chi connectivity index (χ1n) is 2.46. The highest BCUT2D eigenvalue weighted by Gasteiger charge is 2.01. The lowest BCUT2D eigenvalue weighted by Gasteiger charge is -1.92. The molecule has 0 aliphatic heterocycles. The van der Waals surface area contributed by atoms with E-state index in [2.05, 4.69) is 10.2 Å². The average Bonchev–Trinajstić information content (AvgIpc) is 1.88. The molecule has 1 rings (SSSR count). The molecule has 52 valence electrons. The highest BCUT2D eigenvalue weighted by Crippen LogP contribution is 2.24. The smallest absolute Gasteiger partial charge is 0.244 e. The Balaban J connectivity index is 3.19. The molecule has 0 saturated carbocycles. The Kier molecular flexibility index (Phi) is 1.49. The molecule has 2 N–H and O–H groups in total. The summed E-state index contributed by atoms with van der Waals surface area (Å²) in [6.07, 6.45) is 0. The van der Waals surface area contributed by atoms with Crippen LogP contribution in [0.4, 0.5) is 5.69 Å². The predicted molar refractivity (Wildman–Crippen MR) is 33.0 cm³/mol. The lowest BCUT2D eigenvalue weighted by Crippen LogP contribution is -1.74. The first kappa shape index (κ1) is 6.47. The van der Waals surface area contributed by atoms with Crippen LogP contribution in [0, 0.1) is 4.91 Å². The quantitative estimate of drug-likeness (QED) is 0.567. The number of rotatable bonds is 1. The number of aromatic hydroxyl groups is 2. The van der Waals surface area contributed by atoms with Crippen LogP contribution in [0.25, 0.3) is 0 Å². The van der Waals surface area contributed by atoms with Crippen LogP contribution < -0.4 is 0 Å². The van der Waals surface area contributed by atoms with E-state index in [0.717, 1.165) is 6.07 Å². The van der Waals surface area contributed by atoms with Gasteiger partial charge in [-0.2, -0.15) is 4.98 Å². The van der Waals surface area contributed by atoms with Crippen LogP contribution in [0.15, 0.2) is 17.3 Å². The fourth-order valence-electron chi connectivity index (χ4n) is 0.502. The number of pyridine rings is 1. The second-order valence-corrected chi connectivity index (χ2v) is 1.60. The van der Waals surface area contributed by atoms with Gasteiger partial charge in [0.1, 0.15) is 0 Å². The van der Waals surface area contributed by atoms with Crippen molar-refractivity contribution in [2.45, 2.75) is 0 Å². The minimum absolute atomic E-state index is 0.183. The summed E-state index contributed by atoms with van der Waals surface area (Å²) in [6.45, 7) is 0. The van der Waals surface area contributed by atoms with E-state index in [1.165, 1.54) is 6.07 Å². The van der Waals surface area contributed by atoms with E-state index in [9.17, 15) is 4.91 Å². The van der Waals surface area contributed by atoms with Crippen LogP contribution in [0.3, 0.4) is 0 Å². The number of aromatic nitrogens is 1. The Bertz CT molecular complexity index is 261. The molecule has 1 aromatic rings. The summed E-state index contributed by atoms with van der Waals surface area (Å²) in [5, 5.41) is 19.8. The van der Waals surface area contributed by atoms with Crippen molar-refractivity contribution in [2.24, 2.45) is 5.18 Å². The van der Waals surface area contributed by atoms with Crippen LogP contribution in [0.2, 0.25) is 0 Å². The molecule has 0 spiro atoms. The second-order valence-electron chi connectivity index (χ2n) is 1.60. The predicted octanol–water partition coefficient (Wildman–Crippen LogP) is 0.891. The third kappa shape index (κ3) is 1.02. The van der Waals surface area contributed by atoms with E-state index in [4.69, 9.17) is 10.2 Å². The molecule has 0 aromatic carbocycles. The van der Waals surface area contributed by atoms with Crippen LogP contribution in [-0.4, -0.2) is 15.2 Å². The van der Waals surface area contributed by atoms with Crippen molar-refractivity contribution >= 4 is 5.69 Å². The first-order valence-corrected chi connectivity index (χ1v) is 2.46. The maximum atomic E-state index is 9.81. The molecular weight excluding hydrogens is 136 g/mol. The highest BCUT2D eigenvalue weighted by atomic mass is 16.3. The molecular formula is C5H4N2O3. The maximum absolute atomic E-state index is 9.81. The third-order valence-corrected chi connectivity index (χ3v) is 0.938. The van der Waals surface area contributed by atoms with Gasteiger partial charge in [0.2, 0.25) is 11.8 Å². The average molecular weight is 140 g/mol. The summed E-state index contributed by atoms with van der Waals surface area (Å²) >= 11 is 0. The monoisotopic (exact) mass is 140 g/mol. The van der Waals surface area contributed by atoms with Gasteiger partial charge in [0, 0.05) is 6.07 Å². The molecule has 0 radical (unpaired) electrons. The molecule has 0 aliphatic carbocycles. The topological polar surface area (TPSA) is 82.8 Å². The van der Waals surface area contributed by atoms with Crippen LogP contribution in [0.5, 0.6) is 11.8 Å². The maximum Gasteiger partial charge on any atom is 0.244 e. The molecule has 5 nitrogen and oxygen atoms in total. The van der Waals surface area contributed by atoms with Gasteiger partial charge >= 0.3 is 0 Å². The second kappa shape index (κ2) is 2.30. The Morgan fingerprint density at radius 2 is 2.10 bits per heavy atom. The minimum atomic E-state index is -0.560. The summed E-state index contributed by atoms with van der Waals surface area (Å²) in [4.78, 5) is 13.0. The number of nitrogens with zero attached hydrogens (tertiary/aromatic N) is 2. The zero-order valence-electron chi connectivity index (χ0n) is 4.85. The van der Waals surface area contributed by atoms with E-state index >= 15 is 0 Å². The summed E-state index contributed by atoms with van der Waals surface area (Å²) in [5.41, 5.74) is -0.183. The Morgan fingerprint density at radius 3 is 2.60 bits per heavy atom. The molecule has 0 bridgehead atoms. The van der Waals surface area contributed by atoms with Crippen molar-refractivity contribution in [2.75, 3.05) is 0 Å². The summed E-state index contributed by atoms with van der Waals surface area (Å²) < 4.78 is 0. The van der Waals surface area contributed by atoms with E-state index in [1.807, 2.05) is 0 Å². The van der Waals surface area contributed by atoms with Crippen molar-refractivity contribution < 1.29 is 10.2 Å². The van der Waals surface area contributed by atoms with Crippen LogP contribution >= 0.6 is 0 Å². The molecule has 1 aromatic heterocycles. The summed E-state index contributed by atoms with van der Waals surface area (Å²) in [6, 6.07) is 2.33. The van der Waals surface area contributed by atoms with Gasteiger partial charge in [-0.25, -0.2) is 0 Å². The number of hydrogen-bond acceptors (Lipinski definition) is 5. The lowest BCUT2D eigenvalue weighted by molar-refractivity contribution is 0.414. The Morgan fingerprint density at radius 1 is 1.40 bits per heavy atom. The van der Waals surface area contributed by atoms with Gasteiger partial charge < -0.3 is 10.2 Å². The van der Waals surface area contributed by atoms with Gasteiger partial charge in [-0.05, 0) is 11.2 Å². The summed E-state index contributed by atoms with van der Waals surface area (Å²) in [5.74, 6) is -0.903. The molecule has 10 heavy (non-hydrogen) atoms. The first-order chi connectivity index (χ1) is 4.74. The SMILES string of the molecule is O=Nc1ccc(O)nc1O. The van der Waals surface area contributed by atoms with E-state index in [-0.39, 0.29) is 11.6 Å². The lowest BCUT2D eigenvalue weighted by atomic mass is 10.4. The van der Waals surface area contributed by atoms with Gasteiger partial charge in [0.15, 0.2) is 5.69 Å². The van der Waals surface area contributed by atoms with Crippen molar-refractivity contribution in [3.8, 4) is 11.8 Å². The van der Waals surface area contributed by atoms with Gasteiger partial charge in [-0.15, -0.1) is 4.91 Å². The van der Waals surface area contributed by atoms with Crippen molar-refractivity contribution in [1.82, 2.24) is 4.98 Å². The summed E-state index contributed by atoms with van der Waals surface area (Å²) in [7, 11) is 0. The van der Waals surface area contributed by atoms with E-state index in [1.54, 1.807) is 0 Å². The van der Waals surface area contributed by atoms with Gasteiger partial charge in [0.05, 0.1) is 0 Å².